The molecule has 1 fully saturated rings. The summed E-state index contributed by atoms with van der Waals surface area (Å²) in [6, 6.07) is 6.39. The van der Waals surface area contributed by atoms with Gasteiger partial charge in [0, 0.05) is 39.6 Å². The largest absolute Gasteiger partial charge is 0.357 e. The second kappa shape index (κ2) is 7.77. The molecule has 1 amide bonds. The van der Waals surface area contributed by atoms with E-state index in [1.54, 1.807) is 19.1 Å². The lowest BCUT2D eigenvalue weighted by Gasteiger charge is -2.36. The fraction of sp³-hybridized carbons (Fsp3) is 0.500. The van der Waals surface area contributed by atoms with Crippen LogP contribution in [0.4, 0.5) is 4.39 Å². The fourth-order valence-electron chi connectivity index (χ4n) is 2.41. The SMILES string of the molecule is CCNC(=NCc1ccc(F)cc1)N1CCN(C(C)=O)CC1. The lowest BCUT2D eigenvalue weighted by molar-refractivity contribution is -0.130. The van der Waals surface area contributed by atoms with E-state index in [0.717, 1.165) is 44.2 Å². The standard InChI is InChI=1S/C16H23FN4O/c1-3-18-16(19-12-14-4-6-15(17)7-5-14)21-10-8-20(9-11-21)13(2)22/h4-7H,3,8-12H2,1-2H3,(H,18,19). The zero-order valence-corrected chi connectivity index (χ0v) is 13.2. The van der Waals surface area contributed by atoms with Crippen LogP contribution in [-0.4, -0.2) is 54.4 Å². The van der Waals surface area contributed by atoms with Gasteiger partial charge in [-0.2, -0.15) is 0 Å². The zero-order chi connectivity index (χ0) is 15.9. The number of benzene rings is 1. The van der Waals surface area contributed by atoms with Crippen molar-refractivity contribution in [2.75, 3.05) is 32.7 Å². The van der Waals surface area contributed by atoms with Crippen LogP contribution < -0.4 is 5.32 Å². The number of aliphatic imine (C=N–C) groups is 1. The van der Waals surface area contributed by atoms with Crippen LogP contribution >= 0.6 is 0 Å². The number of carbonyl (C=O) groups excluding carboxylic acids is 1. The fourth-order valence-corrected chi connectivity index (χ4v) is 2.41. The zero-order valence-electron chi connectivity index (χ0n) is 13.2. The first-order valence-electron chi connectivity index (χ1n) is 7.63. The van der Waals surface area contributed by atoms with Crippen molar-refractivity contribution in [2.45, 2.75) is 20.4 Å². The van der Waals surface area contributed by atoms with Crippen LogP contribution in [0.15, 0.2) is 29.3 Å². The molecule has 0 saturated carbocycles. The highest BCUT2D eigenvalue weighted by Crippen LogP contribution is 2.06. The molecule has 1 aromatic carbocycles. The number of piperazine rings is 1. The van der Waals surface area contributed by atoms with E-state index >= 15 is 0 Å². The molecule has 1 heterocycles. The number of nitrogens with one attached hydrogen (secondary N) is 1. The lowest BCUT2D eigenvalue weighted by Crippen LogP contribution is -2.53. The van der Waals surface area contributed by atoms with E-state index in [9.17, 15) is 9.18 Å². The predicted octanol–water partition coefficient (Wildman–Crippen LogP) is 1.46. The van der Waals surface area contributed by atoms with Gasteiger partial charge in [-0.1, -0.05) is 12.1 Å². The van der Waals surface area contributed by atoms with Crippen molar-refractivity contribution in [3.05, 3.63) is 35.6 Å². The van der Waals surface area contributed by atoms with Gasteiger partial charge in [0.05, 0.1) is 6.54 Å². The van der Waals surface area contributed by atoms with Crippen LogP contribution in [-0.2, 0) is 11.3 Å². The number of nitrogens with zero attached hydrogens (tertiary/aromatic N) is 3. The third kappa shape index (κ3) is 4.44. The molecular weight excluding hydrogens is 283 g/mol. The maximum Gasteiger partial charge on any atom is 0.219 e. The number of hydrogen-bond donors (Lipinski definition) is 1. The van der Waals surface area contributed by atoms with Crippen molar-refractivity contribution < 1.29 is 9.18 Å². The highest BCUT2D eigenvalue weighted by molar-refractivity contribution is 5.80. The number of rotatable bonds is 3. The monoisotopic (exact) mass is 306 g/mol. The molecule has 1 saturated heterocycles. The van der Waals surface area contributed by atoms with Gasteiger partial charge in [-0.25, -0.2) is 9.38 Å². The van der Waals surface area contributed by atoms with Crippen LogP contribution in [0.1, 0.15) is 19.4 Å². The first-order chi connectivity index (χ1) is 10.6. The van der Waals surface area contributed by atoms with Gasteiger partial charge in [-0.15, -0.1) is 0 Å². The molecule has 1 aromatic rings. The summed E-state index contributed by atoms with van der Waals surface area (Å²) >= 11 is 0. The van der Waals surface area contributed by atoms with Gasteiger partial charge >= 0.3 is 0 Å². The first kappa shape index (κ1) is 16.3. The Labute approximate surface area is 130 Å². The summed E-state index contributed by atoms with van der Waals surface area (Å²) in [5, 5.41) is 3.28. The minimum absolute atomic E-state index is 0.118. The average molecular weight is 306 g/mol. The molecule has 5 nitrogen and oxygen atoms in total. The molecule has 120 valence electrons. The third-order valence-corrected chi connectivity index (χ3v) is 3.68. The summed E-state index contributed by atoms with van der Waals surface area (Å²) < 4.78 is 12.9. The molecule has 6 heteroatoms. The molecule has 1 aliphatic heterocycles. The van der Waals surface area contributed by atoms with Gasteiger partial charge in [0.1, 0.15) is 5.82 Å². The molecule has 0 atom stereocenters. The Bertz CT molecular complexity index is 521. The van der Waals surface area contributed by atoms with Crippen molar-refractivity contribution >= 4 is 11.9 Å². The van der Waals surface area contributed by atoms with Crippen molar-refractivity contribution in [2.24, 2.45) is 4.99 Å². The molecule has 0 aromatic heterocycles. The summed E-state index contributed by atoms with van der Waals surface area (Å²) in [6.07, 6.45) is 0. The Kier molecular flexibility index (Phi) is 5.75. The van der Waals surface area contributed by atoms with Crippen molar-refractivity contribution in [1.29, 1.82) is 0 Å². The Balaban J connectivity index is 1.98. The lowest BCUT2D eigenvalue weighted by atomic mass is 10.2. The van der Waals surface area contributed by atoms with E-state index in [1.165, 1.54) is 12.1 Å². The van der Waals surface area contributed by atoms with E-state index < -0.39 is 0 Å². The van der Waals surface area contributed by atoms with E-state index in [2.05, 4.69) is 15.2 Å². The van der Waals surface area contributed by atoms with Gasteiger partial charge < -0.3 is 15.1 Å². The van der Waals surface area contributed by atoms with Crippen LogP contribution in [0, 0.1) is 5.82 Å². The van der Waals surface area contributed by atoms with Gasteiger partial charge in [0.25, 0.3) is 0 Å². The maximum absolute atomic E-state index is 12.9. The Morgan fingerprint density at radius 3 is 2.32 bits per heavy atom. The van der Waals surface area contributed by atoms with Gasteiger partial charge in [0.15, 0.2) is 5.96 Å². The van der Waals surface area contributed by atoms with Gasteiger partial charge in [0.2, 0.25) is 5.91 Å². The molecule has 0 unspecified atom stereocenters. The minimum Gasteiger partial charge on any atom is -0.357 e. The summed E-state index contributed by atoms with van der Waals surface area (Å²) in [6.45, 7) is 7.91. The van der Waals surface area contributed by atoms with Crippen LogP contribution in [0.25, 0.3) is 0 Å². The summed E-state index contributed by atoms with van der Waals surface area (Å²) in [7, 11) is 0. The molecular formula is C16H23FN4O. The predicted molar refractivity (Wildman–Crippen MR) is 85.0 cm³/mol. The quantitative estimate of drug-likeness (QED) is 0.679. The Hall–Kier alpha value is -2.11. The number of halogens is 1. The van der Waals surface area contributed by atoms with Crippen LogP contribution in [0.3, 0.4) is 0 Å². The number of hydrogen-bond acceptors (Lipinski definition) is 2. The normalized spacial score (nSPS) is 15.9. The molecule has 22 heavy (non-hydrogen) atoms. The Morgan fingerprint density at radius 2 is 1.77 bits per heavy atom. The maximum atomic E-state index is 12.9. The third-order valence-electron chi connectivity index (χ3n) is 3.68. The number of guanidine groups is 1. The highest BCUT2D eigenvalue weighted by Gasteiger charge is 2.20. The Morgan fingerprint density at radius 1 is 1.18 bits per heavy atom. The summed E-state index contributed by atoms with van der Waals surface area (Å²) in [5.41, 5.74) is 0.971. The highest BCUT2D eigenvalue weighted by atomic mass is 19.1. The molecule has 0 radical (unpaired) electrons. The minimum atomic E-state index is -0.236. The molecule has 0 bridgehead atoms. The molecule has 2 rings (SSSR count). The average Bonchev–Trinajstić information content (AvgIpc) is 2.53. The van der Waals surface area contributed by atoms with E-state index in [-0.39, 0.29) is 11.7 Å². The van der Waals surface area contributed by atoms with Crippen LogP contribution in [0.2, 0.25) is 0 Å². The number of amides is 1. The van der Waals surface area contributed by atoms with E-state index in [4.69, 9.17) is 0 Å². The molecule has 0 spiro atoms. The number of carbonyl (C=O) groups is 1. The van der Waals surface area contributed by atoms with Gasteiger partial charge in [-0.05, 0) is 24.6 Å². The van der Waals surface area contributed by atoms with Crippen molar-refractivity contribution in [3.63, 3.8) is 0 Å². The summed E-state index contributed by atoms with van der Waals surface area (Å²) in [5.74, 6) is 0.725. The van der Waals surface area contributed by atoms with Crippen molar-refractivity contribution in [3.8, 4) is 0 Å². The topological polar surface area (TPSA) is 47.9 Å². The van der Waals surface area contributed by atoms with E-state index in [1.807, 2.05) is 11.8 Å². The molecule has 1 aliphatic rings. The summed E-state index contributed by atoms with van der Waals surface area (Å²) in [4.78, 5) is 20.0. The van der Waals surface area contributed by atoms with Gasteiger partial charge in [-0.3, -0.25) is 4.79 Å². The van der Waals surface area contributed by atoms with E-state index in [0.29, 0.717) is 6.54 Å². The second-order valence-electron chi connectivity index (χ2n) is 5.29. The smallest absolute Gasteiger partial charge is 0.219 e. The second-order valence-corrected chi connectivity index (χ2v) is 5.29. The first-order valence-corrected chi connectivity index (χ1v) is 7.63. The van der Waals surface area contributed by atoms with Crippen molar-refractivity contribution in [1.82, 2.24) is 15.1 Å². The molecule has 0 aliphatic carbocycles. The van der Waals surface area contributed by atoms with Crippen LogP contribution in [0.5, 0.6) is 0 Å². The molecule has 1 N–H and O–H groups in total.